The topological polar surface area (TPSA) is 67.2 Å². The van der Waals surface area contributed by atoms with E-state index in [-0.39, 0.29) is 17.7 Å². The van der Waals surface area contributed by atoms with Crippen molar-refractivity contribution in [2.75, 3.05) is 20.1 Å². The molecule has 2 aromatic rings. The number of benzene rings is 1. The number of carbonyl (C=O) groups is 2. The number of para-hydroxylation sites is 1. The number of amides is 2. The molecule has 1 aliphatic rings. The zero-order valence-corrected chi connectivity index (χ0v) is 14.3. The first-order valence-corrected chi connectivity index (χ1v) is 8.46. The van der Waals surface area contributed by atoms with Crippen LogP contribution in [0.15, 0.2) is 48.8 Å². The summed E-state index contributed by atoms with van der Waals surface area (Å²) < 4.78 is 1.78. The number of piperidine rings is 1. The van der Waals surface area contributed by atoms with Gasteiger partial charge in [-0.15, -0.1) is 0 Å². The van der Waals surface area contributed by atoms with E-state index in [0.717, 1.165) is 11.3 Å². The predicted molar refractivity (Wildman–Crippen MR) is 96.0 cm³/mol. The Kier molecular flexibility index (Phi) is 5.28. The molecule has 2 heterocycles. The van der Waals surface area contributed by atoms with Crippen LogP contribution in [0.5, 0.6) is 0 Å². The smallest absolute Gasteiger partial charge is 0.246 e. The summed E-state index contributed by atoms with van der Waals surface area (Å²) in [7, 11) is 1.65. The van der Waals surface area contributed by atoms with E-state index in [1.165, 1.54) is 0 Å². The third-order valence-electron chi connectivity index (χ3n) is 4.47. The van der Waals surface area contributed by atoms with Crippen molar-refractivity contribution in [1.29, 1.82) is 0 Å². The van der Waals surface area contributed by atoms with E-state index >= 15 is 0 Å². The van der Waals surface area contributed by atoms with Crippen LogP contribution >= 0.6 is 0 Å². The Balaban J connectivity index is 1.57. The quantitative estimate of drug-likeness (QED) is 0.866. The molecule has 6 nitrogen and oxygen atoms in total. The SMILES string of the molecule is CNC(=O)C1CCN(C(=O)C=Cc2cnn(-c3ccccc3)c2)CC1. The molecule has 1 N–H and O–H groups in total. The van der Waals surface area contributed by atoms with E-state index in [4.69, 9.17) is 0 Å². The normalized spacial score (nSPS) is 15.5. The second-order valence-electron chi connectivity index (χ2n) is 6.10. The van der Waals surface area contributed by atoms with E-state index in [9.17, 15) is 9.59 Å². The molecule has 1 aromatic heterocycles. The van der Waals surface area contributed by atoms with Gasteiger partial charge in [-0.3, -0.25) is 9.59 Å². The van der Waals surface area contributed by atoms with E-state index in [1.807, 2.05) is 36.5 Å². The standard InChI is InChI=1S/C19H22N4O2/c1-20-19(25)16-9-11-22(12-10-16)18(24)8-7-15-13-21-23(14-15)17-5-3-2-4-6-17/h2-8,13-14,16H,9-12H2,1H3,(H,20,25). The number of hydrogen-bond donors (Lipinski definition) is 1. The lowest BCUT2D eigenvalue weighted by Crippen LogP contribution is -2.41. The van der Waals surface area contributed by atoms with Crippen molar-refractivity contribution in [2.45, 2.75) is 12.8 Å². The van der Waals surface area contributed by atoms with Gasteiger partial charge in [0.2, 0.25) is 11.8 Å². The molecule has 1 fully saturated rings. The van der Waals surface area contributed by atoms with Crippen molar-refractivity contribution >= 4 is 17.9 Å². The maximum atomic E-state index is 12.3. The molecule has 1 aliphatic heterocycles. The highest BCUT2D eigenvalue weighted by Gasteiger charge is 2.25. The molecule has 0 saturated carbocycles. The lowest BCUT2D eigenvalue weighted by Gasteiger charge is -2.30. The van der Waals surface area contributed by atoms with Crippen LogP contribution < -0.4 is 5.32 Å². The number of rotatable bonds is 4. The third kappa shape index (κ3) is 4.15. The van der Waals surface area contributed by atoms with Gasteiger partial charge in [-0.25, -0.2) is 4.68 Å². The molecule has 0 unspecified atom stereocenters. The predicted octanol–water partition coefficient (Wildman–Crippen LogP) is 1.87. The molecule has 25 heavy (non-hydrogen) atoms. The first kappa shape index (κ1) is 17.0. The average Bonchev–Trinajstić information content (AvgIpc) is 3.15. The number of aromatic nitrogens is 2. The highest BCUT2D eigenvalue weighted by molar-refractivity contribution is 5.92. The fourth-order valence-corrected chi connectivity index (χ4v) is 2.98. The summed E-state index contributed by atoms with van der Waals surface area (Å²) in [6.07, 6.45) is 8.40. The first-order chi connectivity index (χ1) is 12.2. The summed E-state index contributed by atoms with van der Waals surface area (Å²) >= 11 is 0. The van der Waals surface area contributed by atoms with Crippen molar-refractivity contribution in [3.63, 3.8) is 0 Å². The number of nitrogens with one attached hydrogen (secondary N) is 1. The molecule has 0 bridgehead atoms. The third-order valence-corrected chi connectivity index (χ3v) is 4.47. The van der Waals surface area contributed by atoms with Gasteiger partial charge in [-0.05, 0) is 31.1 Å². The second kappa shape index (κ2) is 7.79. The molecule has 0 radical (unpaired) electrons. The molecule has 3 rings (SSSR count). The van der Waals surface area contributed by atoms with Gasteiger partial charge in [0.05, 0.1) is 11.9 Å². The average molecular weight is 338 g/mol. The largest absolute Gasteiger partial charge is 0.359 e. The molecule has 1 aromatic carbocycles. The zero-order valence-electron chi connectivity index (χ0n) is 14.3. The van der Waals surface area contributed by atoms with Crippen molar-refractivity contribution in [3.05, 3.63) is 54.4 Å². The van der Waals surface area contributed by atoms with Crippen molar-refractivity contribution in [1.82, 2.24) is 20.0 Å². The number of hydrogen-bond acceptors (Lipinski definition) is 3. The highest BCUT2D eigenvalue weighted by atomic mass is 16.2. The van der Waals surface area contributed by atoms with Crippen LogP contribution in [0, 0.1) is 5.92 Å². The number of likely N-dealkylation sites (tertiary alicyclic amines) is 1. The highest BCUT2D eigenvalue weighted by Crippen LogP contribution is 2.18. The van der Waals surface area contributed by atoms with E-state index in [1.54, 1.807) is 35.0 Å². The van der Waals surface area contributed by atoms with Gasteiger partial charge >= 0.3 is 0 Å². The van der Waals surface area contributed by atoms with Crippen LogP contribution in [-0.2, 0) is 9.59 Å². The molecule has 130 valence electrons. The van der Waals surface area contributed by atoms with Gasteiger partial charge in [-0.2, -0.15) is 5.10 Å². The minimum atomic E-state index is -0.0252. The minimum Gasteiger partial charge on any atom is -0.359 e. The molecule has 1 saturated heterocycles. The molecule has 0 atom stereocenters. The summed E-state index contributed by atoms with van der Waals surface area (Å²) in [6, 6.07) is 9.82. The van der Waals surface area contributed by atoms with Gasteiger partial charge in [0.15, 0.2) is 0 Å². The monoisotopic (exact) mass is 338 g/mol. The summed E-state index contributed by atoms with van der Waals surface area (Å²) in [6.45, 7) is 1.23. The fraction of sp³-hybridized carbons (Fsp3) is 0.316. The van der Waals surface area contributed by atoms with E-state index < -0.39 is 0 Å². The zero-order chi connectivity index (χ0) is 17.6. The van der Waals surface area contributed by atoms with Crippen LogP contribution in [0.25, 0.3) is 11.8 Å². The Morgan fingerprint density at radius 2 is 1.92 bits per heavy atom. The summed E-state index contributed by atoms with van der Waals surface area (Å²) in [5, 5.41) is 6.99. The summed E-state index contributed by atoms with van der Waals surface area (Å²) in [5.41, 5.74) is 1.85. The lowest BCUT2D eigenvalue weighted by molar-refractivity contribution is -0.131. The van der Waals surface area contributed by atoms with Crippen molar-refractivity contribution in [2.24, 2.45) is 5.92 Å². The molecule has 6 heteroatoms. The molecule has 2 amide bonds. The van der Waals surface area contributed by atoms with Crippen LogP contribution in [0.3, 0.4) is 0 Å². The van der Waals surface area contributed by atoms with Crippen molar-refractivity contribution < 1.29 is 9.59 Å². The molecule has 0 aliphatic carbocycles. The van der Waals surface area contributed by atoms with Gasteiger partial charge in [0.25, 0.3) is 0 Å². The van der Waals surface area contributed by atoms with Gasteiger partial charge < -0.3 is 10.2 Å². The summed E-state index contributed by atoms with van der Waals surface area (Å²) in [5.74, 6) is 0.0564. The number of nitrogens with zero attached hydrogens (tertiary/aromatic N) is 3. The first-order valence-electron chi connectivity index (χ1n) is 8.46. The maximum absolute atomic E-state index is 12.3. The Morgan fingerprint density at radius 1 is 1.20 bits per heavy atom. The molecule has 0 spiro atoms. The van der Waals surface area contributed by atoms with Crippen LogP contribution in [0.4, 0.5) is 0 Å². The fourth-order valence-electron chi connectivity index (χ4n) is 2.98. The lowest BCUT2D eigenvalue weighted by atomic mass is 9.96. The van der Waals surface area contributed by atoms with Crippen LogP contribution in [-0.4, -0.2) is 46.6 Å². The van der Waals surface area contributed by atoms with Crippen LogP contribution in [0.1, 0.15) is 18.4 Å². The Labute approximate surface area is 147 Å². The molecular formula is C19H22N4O2. The van der Waals surface area contributed by atoms with E-state index in [2.05, 4.69) is 10.4 Å². The Morgan fingerprint density at radius 3 is 2.60 bits per heavy atom. The second-order valence-corrected chi connectivity index (χ2v) is 6.10. The van der Waals surface area contributed by atoms with Crippen LogP contribution in [0.2, 0.25) is 0 Å². The Bertz CT molecular complexity index is 759. The van der Waals surface area contributed by atoms with Crippen molar-refractivity contribution in [3.8, 4) is 5.69 Å². The Hall–Kier alpha value is -2.89. The molecular weight excluding hydrogens is 316 g/mol. The maximum Gasteiger partial charge on any atom is 0.246 e. The van der Waals surface area contributed by atoms with Gasteiger partial charge in [0.1, 0.15) is 0 Å². The minimum absolute atomic E-state index is 0.0159. The van der Waals surface area contributed by atoms with Gasteiger partial charge in [-0.1, -0.05) is 18.2 Å². The number of carbonyl (C=O) groups excluding carboxylic acids is 2. The summed E-state index contributed by atoms with van der Waals surface area (Å²) in [4.78, 5) is 25.7. The van der Waals surface area contributed by atoms with E-state index in [0.29, 0.717) is 25.9 Å². The van der Waals surface area contributed by atoms with Gasteiger partial charge in [0, 0.05) is 43.9 Å².